The Bertz CT molecular complexity index is 1060. The second-order valence-electron chi connectivity index (χ2n) is 10.1. The summed E-state index contributed by atoms with van der Waals surface area (Å²) >= 11 is 7.00. The first-order chi connectivity index (χ1) is 15.9. The number of nitrogens with zero attached hydrogens (tertiary/aromatic N) is 2. The molecule has 0 saturated heterocycles. The normalized spacial score (nSPS) is 13.0. The van der Waals surface area contributed by atoms with Crippen LogP contribution in [0.4, 0.5) is 11.4 Å². The average molecular weight is 630 g/mol. The number of benzene rings is 2. The first kappa shape index (κ1) is 28.8. The van der Waals surface area contributed by atoms with Crippen LogP contribution in [0.3, 0.4) is 0 Å². The van der Waals surface area contributed by atoms with E-state index in [4.69, 9.17) is 14.4 Å². The van der Waals surface area contributed by atoms with Crippen molar-refractivity contribution in [2.45, 2.75) is 66.2 Å². The minimum atomic E-state index is 0.0262. The Morgan fingerprint density at radius 2 is 0.971 bits per heavy atom. The van der Waals surface area contributed by atoms with Crippen LogP contribution in [-0.2, 0) is 22.2 Å². The Morgan fingerprint density at radius 1 is 0.647 bits per heavy atom. The molecular weight excluding hydrogens is 596 g/mol. The van der Waals surface area contributed by atoms with Crippen LogP contribution in [0, 0.1) is 0 Å². The summed E-state index contributed by atoms with van der Waals surface area (Å²) in [4.78, 5) is 9.76. The van der Waals surface area contributed by atoms with E-state index < -0.39 is 0 Å². The third-order valence-corrected chi connectivity index (χ3v) is 5.32. The van der Waals surface area contributed by atoms with E-state index in [1.54, 1.807) is 0 Å². The Morgan fingerprint density at radius 3 is 1.29 bits per heavy atom. The number of hydrogen-bond acceptors (Lipinski definition) is 3. The van der Waals surface area contributed by atoms with Crippen LogP contribution >= 0.6 is 28.2 Å². The first-order valence-corrected chi connectivity index (χ1v) is 16.6. The van der Waals surface area contributed by atoms with Gasteiger partial charge in [-0.25, -0.2) is 9.98 Å². The Kier molecular flexibility index (Phi) is 10.6. The van der Waals surface area contributed by atoms with Crippen LogP contribution < -0.4 is 0 Å². The second-order valence-corrected chi connectivity index (χ2v) is 15.7. The van der Waals surface area contributed by atoms with Gasteiger partial charge < -0.3 is 4.42 Å². The molecule has 184 valence electrons. The van der Waals surface area contributed by atoms with E-state index in [1.165, 1.54) is 11.1 Å². The molecule has 0 radical (unpaired) electrons. The number of rotatable bonds is 4. The van der Waals surface area contributed by atoms with Gasteiger partial charge in [0, 0.05) is 0 Å². The summed E-state index contributed by atoms with van der Waals surface area (Å²) in [6, 6.07) is 20.5. The monoisotopic (exact) mass is 628 g/mol. The molecule has 0 bridgehead atoms. The molecule has 0 aliphatic rings. The summed E-state index contributed by atoms with van der Waals surface area (Å²) in [6.45, 7) is 17.2. The number of hydrogen-bond donors (Lipinski definition) is 0. The molecule has 0 fully saturated rings. The fourth-order valence-corrected chi connectivity index (χ4v) is 3.61. The van der Waals surface area contributed by atoms with Gasteiger partial charge in [0.1, 0.15) is 11.5 Å². The molecule has 1 heterocycles. The van der Waals surface area contributed by atoms with E-state index >= 15 is 0 Å². The van der Waals surface area contributed by atoms with Crippen LogP contribution in [0.5, 0.6) is 0 Å². The molecule has 3 rings (SSSR count). The number of para-hydroxylation sites is 2. The van der Waals surface area contributed by atoms with Crippen LogP contribution in [0.2, 0.25) is 0 Å². The van der Waals surface area contributed by atoms with E-state index in [0.29, 0.717) is 0 Å². The van der Waals surface area contributed by atoms with Crippen molar-refractivity contribution in [3.63, 3.8) is 0 Å². The van der Waals surface area contributed by atoms with Gasteiger partial charge >= 0.3 is 39.6 Å². The second kappa shape index (κ2) is 12.5. The Balaban J connectivity index is 0.00000129. The van der Waals surface area contributed by atoms with Crippen molar-refractivity contribution in [3.05, 3.63) is 83.3 Å². The molecule has 2 aromatic carbocycles. The van der Waals surface area contributed by atoms with E-state index in [1.807, 2.05) is 38.1 Å². The quantitative estimate of drug-likeness (QED) is 0.209. The fraction of sp³-hybridized carbons (Fsp3) is 0.357. The van der Waals surface area contributed by atoms with Crippen molar-refractivity contribution >= 4 is 51.0 Å². The van der Waals surface area contributed by atoms with E-state index in [9.17, 15) is 0 Å². The third kappa shape index (κ3) is 8.05. The molecular formula is C28H34Br2FeN2O. The van der Waals surface area contributed by atoms with E-state index in [0.717, 1.165) is 45.7 Å². The molecule has 1 aromatic heterocycles. The summed E-state index contributed by atoms with van der Waals surface area (Å²) in [6.07, 6.45) is 0. The molecule has 0 amide bonds. The Labute approximate surface area is 225 Å². The molecule has 0 N–H and O–H groups in total. The van der Waals surface area contributed by atoms with Gasteiger partial charge in [-0.3, -0.25) is 0 Å². The molecule has 3 aromatic rings. The zero-order valence-electron chi connectivity index (χ0n) is 21.2. The van der Waals surface area contributed by atoms with Crippen molar-refractivity contribution in [3.8, 4) is 0 Å². The molecule has 6 heteroatoms. The SMILES string of the molecule is CC(=Nc1ccccc1C(C)(C)C)c1ccc(C(C)=Nc2ccccc2C(C)(C)C)o1.[Br][Fe][Br]. The molecule has 0 aliphatic heterocycles. The van der Waals surface area contributed by atoms with Crippen LogP contribution in [0.25, 0.3) is 0 Å². The van der Waals surface area contributed by atoms with Crippen LogP contribution in [-0.4, -0.2) is 11.4 Å². The van der Waals surface area contributed by atoms with Gasteiger partial charge in [-0.2, -0.15) is 0 Å². The fourth-order valence-electron chi connectivity index (χ4n) is 3.61. The average Bonchev–Trinajstić information content (AvgIpc) is 3.24. The third-order valence-electron chi connectivity index (χ3n) is 5.32. The number of halogens is 2. The molecule has 3 nitrogen and oxygen atoms in total. The van der Waals surface area contributed by atoms with Gasteiger partial charge in [-0.15, -0.1) is 0 Å². The Hall–Kier alpha value is -1.46. The zero-order valence-corrected chi connectivity index (χ0v) is 25.5. The maximum absolute atomic E-state index is 6.14. The molecule has 0 spiro atoms. The topological polar surface area (TPSA) is 37.9 Å². The molecule has 0 saturated carbocycles. The first-order valence-electron chi connectivity index (χ1n) is 11.1. The molecule has 0 unspecified atom stereocenters. The van der Waals surface area contributed by atoms with Gasteiger partial charge in [0.05, 0.1) is 22.8 Å². The van der Waals surface area contributed by atoms with Crippen molar-refractivity contribution in [2.24, 2.45) is 9.98 Å². The van der Waals surface area contributed by atoms with Gasteiger partial charge in [-0.05, 0) is 60.1 Å². The number of aliphatic imine (C=N–C) groups is 2. The van der Waals surface area contributed by atoms with E-state index in [2.05, 4.69) is 106 Å². The van der Waals surface area contributed by atoms with Crippen LogP contribution in [0.1, 0.15) is 78.0 Å². The maximum atomic E-state index is 6.14. The summed E-state index contributed by atoms with van der Waals surface area (Å²) in [7, 11) is 0. The van der Waals surface area contributed by atoms with Gasteiger partial charge in [-0.1, -0.05) is 77.9 Å². The van der Waals surface area contributed by atoms with Crippen molar-refractivity contribution in [1.29, 1.82) is 0 Å². The molecule has 0 atom stereocenters. The minimum absolute atomic E-state index is 0.0262. The number of furan rings is 1. The predicted molar refractivity (Wildman–Crippen MR) is 151 cm³/mol. The molecule has 34 heavy (non-hydrogen) atoms. The van der Waals surface area contributed by atoms with E-state index in [-0.39, 0.29) is 10.8 Å². The van der Waals surface area contributed by atoms with Crippen LogP contribution in [0.15, 0.2) is 75.1 Å². The van der Waals surface area contributed by atoms with Crippen molar-refractivity contribution in [2.75, 3.05) is 0 Å². The summed E-state index contributed by atoms with van der Waals surface area (Å²) in [5, 5.41) is 0. The summed E-state index contributed by atoms with van der Waals surface area (Å²) < 4.78 is 6.14. The standard InChI is InChI=1S/C28H34N2O.2BrH.Fe/c1-19(29-23-15-11-9-13-21(23)27(3,4)5)25-17-18-26(31-25)20(2)30-24-16-12-10-14-22(24)28(6,7)8;;;/h9-18H,1-8H3;2*1H;/q;;;+2/p-2. The van der Waals surface area contributed by atoms with Crippen molar-refractivity contribution in [1.82, 2.24) is 0 Å². The summed E-state index contributed by atoms with van der Waals surface area (Å²) in [5.74, 6) is 1.52. The molecule has 0 aliphatic carbocycles. The zero-order chi connectivity index (χ0) is 25.5. The van der Waals surface area contributed by atoms with Crippen molar-refractivity contribution < 1.29 is 15.8 Å². The van der Waals surface area contributed by atoms with Gasteiger partial charge in [0.15, 0.2) is 0 Å². The van der Waals surface area contributed by atoms with Gasteiger partial charge in [0.25, 0.3) is 0 Å². The predicted octanol–water partition coefficient (Wildman–Crippen LogP) is 9.84. The van der Waals surface area contributed by atoms with Gasteiger partial charge in [0.2, 0.25) is 0 Å². The summed E-state index contributed by atoms with van der Waals surface area (Å²) in [5.41, 5.74) is 6.16.